The maximum absolute atomic E-state index is 8.21. The van der Waals surface area contributed by atoms with Crippen LogP contribution in [0.15, 0.2) is 0 Å². The smallest absolute Gasteiger partial charge is 0.128 e. The molecule has 0 radical (unpaired) electrons. The quantitative estimate of drug-likeness (QED) is 0.482. The van der Waals surface area contributed by atoms with Crippen LogP contribution in [0.5, 0.6) is 0 Å². The Morgan fingerprint density at radius 3 is 2.29 bits per heavy atom. The molecule has 0 rings (SSSR count). The molecule has 0 spiro atoms. The Bertz CT molecular complexity index is 90.7. The summed E-state index contributed by atoms with van der Waals surface area (Å²) in [6, 6.07) is 1.96. The monoisotopic (exact) mass is 117 g/mol. The van der Waals surface area contributed by atoms with Gasteiger partial charge < -0.3 is 0 Å². The highest BCUT2D eigenvalue weighted by Crippen LogP contribution is 2.15. The summed E-state index contributed by atoms with van der Waals surface area (Å²) < 4.78 is 0. The van der Waals surface area contributed by atoms with Gasteiger partial charge in [-0.2, -0.15) is 5.26 Å². The highest BCUT2D eigenvalue weighted by Gasteiger charge is 2.14. The second-order valence-electron chi connectivity index (χ2n) is 1.66. The minimum absolute atomic E-state index is 0.639. The van der Waals surface area contributed by atoms with E-state index in [1.54, 1.807) is 6.92 Å². The first-order chi connectivity index (χ1) is 3.12. The van der Waals surface area contributed by atoms with E-state index in [0.29, 0.717) is 6.42 Å². The summed E-state index contributed by atoms with van der Waals surface area (Å²) >= 11 is 5.54. The van der Waals surface area contributed by atoms with Crippen LogP contribution in [0.25, 0.3) is 0 Å². The number of rotatable bonds is 1. The average Bonchev–Trinajstić information content (AvgIpc) is 1.68. The molecule has 0 heterocycles. The Hall–Kier alpha value is -0.220. The fourth-order valence-corrected chi connectivity index (χ4v) is 0.0791. The van der Waals surface area contributed by atoms with Crippen molar-refractivity contribution in [3.8, 4) is 6.07 Å². The minimum atomic E-state index is -0.639. The third-order valence-electron chi connectivity index (χ3n) is 0.897. The predicted molar refractivity (Wildman–Crippen MR) is 30.2 cm³/mol. The molecule has 0 saturated heterocycles. The molecule has 0 amide bonds. The Morgan fingerprint density at radius 1 is 1.86 bits per heavy atom. The van der Waals surface area contributed by atoms with E-state index in [1.165, 1.54) is 0 Å². The molecule has 0 saturated carbocycles. The van der Waals surface area contributed by atoms with Crippen molar-refractivity contribution in [1.29, 1.82) is 5.26 Å². The SMILES string of the molecule is CCC(C)(Cl)C#N. The van der Waals surface area contributed by atoms with Crippen LogP contribution in [-0.4, -0.2) is 4.87 Å². The fourth-order valence-electron chi connectivity index (χ4n) is 0.0791. The van der Waals surface area contributed by atoms with Gasteiger partial charge in [-0.1, -0.05) is 6.92 Å². The van der Waals surface area contributed by atoms with Crippen LogP contribution in [0, 0.1) is 11.3 Å². The van der Waals surface area contributed by atoms with E-state index in [-0.39, 0.29) is 0 Å². The summed E-state index contributed by atoms with van der Waals surface area (Å²) in [7, 11) is 0. The van der Waals surface area contributed by atoms with Crippen LogP contribution < -0.4 is 0 Å². The van der Waals surface area contributed by atoms with Crippen molar-refractivity contribution in [3.05, 3.63) is 0 Å². The molecule has 0 aliphatic rings. The van der Waals surface area contributed by atoms with Crippen molar-refractivity contribution in [1.82, 2.24) is 0 Å². The van der Waals surface area contributed by atoms with E-state index in [9.17, 15) is 0 Å². The molecule has 0 aliphatic heterocycles. The number of alkyl halides is 1. The van der Waals surface area contributed by atoms with Crippen molar-refractivity contribution in [2.75, 3.05) is 0 Å². The summed E-state index contributed by atoms with van der Waals surface area (Å²) in [5.74, 6) is 0. The molecule has 0 aromatic carbocycles. The van der Waals surface area contributed by atoms with Crippen LogP contribution in [-0.2, 0) is 0 Å². The number of hydrogen-bond acceptors (Lipinski definition) is 1. The molecule has 2 heteroatoms. The van der Waals surface area contributed by atoms with Crippen molar-refractivity contribution in [2.45, 2.75) is 25.1 Å². The third-order valence-corrected chi connectivity index (χ3v) is 1.25. The van der Waals surface area contributed by atoms with Gasteiger partial charge >= 0.3 is 0 Å². The molecule has 0 N–H and O–H groups in total. The lowest BCUT2D eigenvalue weighted by Crippen LogP contribution is -2.09. The number of nitrogens with zero attached hydrogens (tertiary/aromatic N) is 1. The summed E-state index contributed by atoms with van der Waals surface area (Å²) in [6.07, 6.45) is 0.699. The standard InChI is InChI=1S/C5H8ClN/c1-3-5(2,6)4-7/h3H2,1-2H3. The zero-order chi connectivity index (χ0) is 5.91. The minimum Gasteiger partial charge on any atom is -0.196 e. The second-order valence-corrected chi connectivity index (χ2v) is 2.50. The van der Waals surface area contributed by atoms with E-state index >= 15 is 0 Å². The van der Waals surface area contributed by atoms with E-state index in [4.69, 9.17) is 16.9 Å². The normalized spacial score (nSPS) is 17.4. The van der Waals surface area contributed by atoms with Gasteiger partial charge in [-0.25, -0.2) is 0 Å². The van der Waals surface area contributed by atoms with Crippen molar-refractivity contribution in [3.63, 3.8) is 0 Å². The van der Waals surface area contributed by atoms with Crippen molar-refractivity contribution in [2.24, 2.45) is 0 Å². The van der Waals surface area contributed by atoms with Gasteiger partial charge in [-0.15, -0.1) is 11.6 Å². The summed E-state index contributed by atoms with van der Waals surface area (Å²) in [6.45, 7) is 3.59. The van der Waals surface area contributed by atoms with Gasteiger partial charge in [0, 0.05) is 0 Å². The summed E-state index contributed by atoms with van der Waals surface area (Å²) in [4.78, 5) is -0.639. The van der Waals surface area contributed by atoms with Gasteiger partial charge in [0.1, 0.15) is 4.87 Å². The molecule has 1 nitrogen and oxygen atoms in total. The van der Waals surface area contributed by atoms with Crippen LogP contribution in [0.1, 0.15) is 20.3 Å². The first-order valence-corrected chi connectivity index (χ1v) is 2.60. The molecule has 0 aromatic heterocycles. The Labute approximate surface area is 48.9 Å². The lowest BCUT2D eigenvalue weighted by Gasteiger charge is -2.05. The zero-order valence-corrected chi connectivity index (χ0v) is 5.29. The van der Waals surface area contributed by atoms with E-state index in [1.807, 2.05) is 13.0 Å². The molecule has 0 aromatic rings. The lowest BCUT2D eigenvalue weighted by atomic mass is 10.1. The van der Waals surface area contributed by atoms with Gasteiger partial charge in [0.15, 0.2) is 0 Å². The first-order valence-electron chi connectivity index (χ1n) is 2.22. The molecule has 1 atom stereocenters. The van der Waals surface area contributed by atoms with E-state index < -0.39 is 4.87 Å². The predicted octanol–water partition coefficient (Wildman–Crippen LogP) is 1.92. The van der Waals surface area contributed by atoms with Gasteiger partial charge in [0.25, 0.3) is 0 Å². The molecule has 1 unspecified atom stereocenters. The highest BCUT2D eigenvalue weighted by atomic mass is 35.5. The average molecular weight is 118 g/mol. The van der Waals surface area contributed by atoms with Crippen LogP contribution in [0.3, 0.4) is 0 Å². The van der Waals surface area contributed by atoms with Crippen molar-refractivity contribution < 1.29 is 0 Å². The lowest BCUT2D eigenvalue weighted by molar-refractivity contribution is 0.756. The second kappa shape index (κ2) is 2.18. The Morgan fingerprint density at radius 2 is 2.29 bits per heavy atom. The summed E-state index contributed by atoms with van der Waals surface area (Å²) in [5, 5.41) is 8.21. The van der Waals surface area contributed by atoms with Gasteiger partial charge in [-0.3, -0.25) is 0 Å². The molecule has 7 heavy (non-hydrogen) atoms. The summed E-state index contributed by atoms with van der Waals surface area (Å²) in [5.41, 5.74) is 0. The van der Waals surface area contributed by atoms with Crippen LogP contribution in [0.2, 0.25) is 0 Å². The maximum atomic E-state index is 8.21. The molecular formula is C5H8ClN. The number of hydrogen-bond donors (Lipinski definition) is 0. The number of nitriles is 1. The first kappa shape index (κ1) is 6.78. The van der Waals surface area contributed by atoms with E-state index in [0.717, 1.165) is 0 Å². The topological polar surface area (TPSA) is 23.8 Å². The third kappa shape index (κ3) is 2.47. The fraction of sp³-hybridized carbons (Fsp3) is 0.800. The van der Waals surface area contributed by atoms with Gasteiger partial charge in [-0.05, 0) is 13.3 Å². The van der Waals surface area contributed by atoms with Crippen LogP contribution >= 0.6 is 11.6 Å². The largest absolute Gasteiger partial charge is 0.196 e. The van der Waals surface area contributed by atoms with Crippen LogP contribution in [0.4, 0.5) is 0 Å². The van der Waals surface area contributed by atoms with E-state index in [2.05, 4.69) is 0 Å². The highest BCUT2D eigenvalue weighted by molar-refractivity contribution is 6.25. The Balaban J connectivity index is 3.66. The van der Waals surface area contributed by atoms with Gasteiger partial charge in [0.2, 0.25) is 0 Å². The molecule has 0 aliphatic carbocycles. The molecule has 0 fully saturated rings. The Kier molecular flexibility index (Phi) is 2.11. The molecule has 0 bridgehead atoms. The molecule has 40 valence electrons. The van der Waals surface area contributed by atoms with Gasteiger partial charge in [0.05, 0.1) is 6.07 Å². The number of halogens is 1. The molecular weight excluding hydrogens is 110 g/mol. The zero-order valence-electron chi connectivity index (χ0n) is 4.53. The van der Waals surface area contributed by atoms with Crippen molar-refractivity contribution >= 4 is 11.6 Å². The maximum Gasteiger partial charge on any atom is 0.128 e.